The molecule has 74 valence electrons. The van der Waals surface area contributed by atoms with Crippen LogP contribution in [0.1, 0.15) is 33.6 Å². The number of hydrogen-bond donors (Lipinski definition) is 0. The lowest BCUT2D eigenvalue weighted by atomic mass is 10.1. The zero-order valence-electron chi connectivity index (χ0n) is 9.25. The summed E-state index contributed by atoms with van der Waals surface area (Å²) in [5, 5.41) is 0. The molecule has 0 aromatic heterocycles. The molecule has 1 heteroatoms. The number of rotatable bonds is 5. The zero-order chi connectivity index (χ0) is 10.1. The van der Waals surface area contributed by atoms with E-state index < -0.39 is 0 Å². The predicted molar refractivity (Wildman–Crippen MR) is 61.4 cm³/mol. The highest BCUT2D eigenvalue weighted by Gasteiger charge is 1.92. The van der Waals surface area contributed by atoms with Crippen molar-refractivity contribution >= 4 is 6.21 Å². The van der Waals surface area contributed by atoms with Crippen molar-refractivity contribution in [2.75, 3.05) is 7.05 Å². The van der Waals surface area contributed by atoms with Crippen LogP contribution in [0.2, 0.25) is 0 Å². The van der Waals surface area contributed by atoms with Gasteiger partial charge in [-0.2, -0.15) is 0 Å². The molecular formula is C12H21N. The fourth-order valence-electron chi connectivity index (χ4n) is 1.29. The van der Waals surface area contributed by atoms with E-state index in [9.17, 15) is 0 Å². The molecule has 1 atom stereocenters. The first-order valence-corrected chi connectivity index (χ1v) is 4.97. The van der Waals surface area contributed by atoms with E-state index in [4.69, 9.17) is 0 Å². The van der Waals surface area contributed by atoms with Crippen molar-refractivity contribution < 1.29 is 0 Å². The largest absolute Gasteiger partial charge is 0.297 e. The summed E-state index contributed by atoms with van der Waals surface area (Å²) in [6, 6.07) is 0. The van der Waals surface area contributed by atoms with Gasteiger partial charge in [-0.25, -0.2) is 0 Å². The highest BCUT2D eigenvalue weighted by atomic mass is 14.6. The third-order valence-electron chi connectivity index (χ3n) is 1.84. The summed E-state index contributed by atoms with van der Waals surface area (Å²) in [6.45, 7) is 6.60. The minimum Gasteiger partial charge on any atom is -0.297 e. The Kier molecular flexibility index (Phi) is 7.27. The van der Waals surface area contributed by atoms with Crippen LogP contribution < -0.4 is 0 Å². The van der Waals surface area contributed by atoms with Crippen molar-refractivity contribution in [3.8, 4) is 0 Å². The molecule has 0 aromatic rings. The first-order valence-electron chi connectivity index (χ1n) is 4.97. The zero-order valence-corrected chi connectivity index (χ0v) is 9.25. The van der Waals surface area contributed by atoms with Crippen LogP contribution >= 0.6 is 0 Å². The molecule has 0 amide bonds. The van der Waals surface area contributed by atoms with E-state index in [-0.39, 0.29) is 0 Å². The molecule has 0 saturated heterocycles. The van der Waals surface area contributed by atoms with Crippen molar-refractivity contribution in [3.05, 3.63) is 23.8 Å². The number of hydrogen-bond acceptors (Lipinski definition) is 1. The van der Waals surface area contributed by atoms with Crippen molar-refractivity contribution in [2.24, 2.45) is 10.9 Å². The Morgan fingerprint density at radius 2 is 2.15 bits per heavy atom. The van der Waals surface area contributed by atoms with Crippen LogP contribution in [0.15, 0.2) is 28.8 Å². The van der Waals surface area contributed by atoms with Crippen LogP contribution in [0.5, 0.6) is 0 Å². The molecular weight excluding hydrogens is 158 g/mol. The van der Waals surface area contributed by atoms with Crippen molar-refractivity contribution in [3.63, 3.8) is 0 Å². The fraction of sp³-hybridized carbons (Fsp3) is 0.583. The summed E-state index contributed by atoms with van der Waals surface area (Å²) < 4.78 is 0. The van der Waals surface area contributed by atoms with Crippen molar-refractivity contribution in [1.82, 2.24) is 0 Å². The molecule has 0 bridgehead atoms. The minimum absolute atomic E-state index is 0.518. The van der Waals surface area contributed by atoms with Crippen LogP contribution in [0, 0.1) is 5.92 Å². The monoisotopic (exact) mass is 179 g/mol. The van der Waals surface area contributed by atoms with Gasteiger partial charge in [-0.15, -0.1) is 0 Å². The second kappa shape index (κ2) is 7.78. The van der Waals surface area contributed by atoms with Crippen LogP contribution in [0.25, 0.3) is 0 Å². The Hall–Kier alpha value is -0.850. The van der Waals surface area contributed by atoms with Gasteiger partial charge in [0.05, 0.1) is 0 Å². The SMILES string of the molecule is CCC/C(C)=C/C(C)/C=C\C=NC. The molecule has 0 aliphatic rings. The molecule has 0 radical (unpaired) electrons. The Morgan fingerprint density at radius 1 is 1.46 bits per heavy atom. The maximum atomic E-state index is 3.89. The first kappa shape index (κ1) is 12.2. The van der Waals surface area contributed by atoms with Gasteiger partial charge in [0.1, 0.15) is 0 Å². The average Bonchev–Trinajstić information content (AvgIpc) is 2.05. The van der Waals surface area contributed by atoms with Crippen LogP contribution in [0.3, 0.4) is 0 Å². The molecule has 0 saturated carbocycles. The van der Waals surface area contributed by atoms with Gasteiger partial charge in [-0.05, 0) is 25.3 Å². The second-order valence-electron chi connectivity index (χ2n) is 3.41. The third-order valence-corrected chi connectivity index (χ3v) is 1.84. The fourth-order valence-corrected chi connectivity index (χ4v) is 1.29. The van der Waals surface area contributed by atoms with Crippen LogP contribution in [-0.2, 0) is 0 Å². The molecule has 0 fully saturated rings. The van der Waals surface area contributed by atoms with E-state index in [1.807, 2.05) is 12.3 Å². The summed E-state index contributed by atoms with van der Waals surface area (Å²) in [5.74, 6) is 0.518. The molecule has 0 aliphatic carbocycles. The third kappa shape index (κ3) is 7.51. The molecule has 13 heavy (non-hydrogen) atoms. The quantitative estimate of drug-likeness (QED) is 0.451. The number of nitrogens with zero attached hydrogens (tertiary/aromatic N) is 1. The van der Waals surface area contributed by atoms with Gasteiger partial charge in [0.15, 0.2) is 0 Å². The molecule has 0 aromatic carbocycles. The molecule has 0 rings (SSSR count). The first-order chi connectivity index (χ1) is 6.20. The lowest BCUT2D eigenvalue weighted by Gasteiger charge is -2.01. The standard InChI is InChI=1S/C12H21N/c1-5-7-11(2)10-12(3)8-6-9-13-4/h6,8-10,12H,5,7H2,1-4H3/b8-6-,11-10+,13-9?. The Bertz CT molecular complexity index is 199. The average molecular weight is 179 g/mol. The summed E-state index contributed by atoms with van der Waals surface area (Å²) >= 11 is 0. The topological polar surface area (TPSA) is 12.4 Å². The highest BCUT2D eigenvalue weighted by Crippen LogP contribution is 2.08. The van der Waals surface area contributed by atoms with Crippen molar-refractivity contribution in [1.29, 1.82) is 0 Å². The van der Waals surface area contributed by atoms with E-state index >= 15 is 0 Å². The normalized spacial score (nSPS) is 15.8. The molecule has 0 spiro atoms. The second-order valence-corrected chi connectivity index (χ2v) is 3.41. The lowest BCUT2D eigenvalue weighted by molar-refractivity contribution is 0.859. The van der Waals surface area contributed by atoms with E-state index in [0.717, 1.165) is 0 Å². The number of aliphatic imine (C=N–C) groups is 1. The summed E-state index contributed by atoms with van der Waals surface area (Å²) in [7, 11) is 1.78. The van der Waals surface area contributed by atoms with E-state index in [0.29, 0.717) is 5.92 Å². The number of allylic oxidation sites excluding steroid dienone is 4. The molecule has 1 nitrogen and oxygen atoms in total. The molecule has 1 unspecified atom stereocenters. The van der Waals surface area contributed by atoms with Gasteiger partial charge >= 0.3 is 0 Å². The van der Waals surface area contributed by atoms with Gasteiger partial charge in [0.2, 0.25) is 0 Å². The summed E-state index contributed by atoms with van der Waals surface area (Å²) in [5.41, 5.74) is 1.48. The lowest BCUT2D eigenvalue weighted by Crippen LogP contribution is -1.86. The predicted octanol–water partition coefficient (Wildman–Crippen LogP) is 3.63. The minimum atomic E-state index is 0.518. The maximum absolute atomic E-state index is 3.89. The van der Waals surface area contributed by atoms with Gasteiger partial charge < -0.3 is 0 Å². The molecule has 0 N–H and O–H groups in total. The Balaban J connectivity index is 3.97. The van der Waals surface area contributed by atoms with E-state index in [1.165, 1.54) is 18.4 Å². The summed E-state index contributed by atoms with van der Waals surface area (Å²) in [4.78, 5) is 3.89. The van der Waals surface area contributed by atoms with Gasteiger partial charge in [-0.1, -0.05) is 38.0 Å². The Morgan fingerprint density at radius 3 is 2.69 bits per heavy atom. The van der Waals surface area contributed by atoms with Gasteiger partial charge in [0.25, 0.3) is 0 Å². The van der Waals surface area contributed by atoms with Crippen LogP contribution in [0.4, 0.5) is 0 Å². The molecule has 0 heterocycles. The Labute approximate surface area is 82.3 Å². The summed E-state index contributed by atoms with van der Waals surface area (Å²) in [6.07, 6.45) is 10.7. The molecule has 0 aliphatic heterocycles. The van der Waals surface area contributed by atoms with Crippen molar-refractivity contribution in [2.45, 2.75) is 33.6 Å². The maximum Gasteiger partial charge on any atom is 0.0277 e. The van der Waals surface area contributed by atoms with E-state index in [2.05, 4.69) is 37.9 Å². The van der Waals surface area contributed by atoms with Crippen LogP contribution in [-0.4, -0.2) is 13.3 Å². The van der Waals surface area contributed by atoms with Gasteiger partial charge in [-0.3, -0.25) is 4.99 Å². The van der Waals surface area contributed by atoms with E-state index in [1.54, 1.807) is 7.05 Å². The smallest absolute Gasteiger partial charge is 0.0277 e. The van der Waals surface area contributed by atoms with Gasteiger partial charge in [0, 0.05) is 13.3 Å². The highest BCUT2D eigenvalue weighted by molar-refractivity contribution is 5.70.